The van der Waals surface area contributed by atoms with Crippen LogP contribution in [0.2, 0.25) is 0 Å². The van der Waals surface area contributed by atoms with Gasteiger partial charge < -0.3 is 20.1 Å². The average molecular weight is 306 g/mol. The Hall–Kier alpha value is -1.75. The maximum Gasteiger partial charge on any atom is 0.236 e. The quantitative estimate of drug-likeness (QED) is 0.873. The molecule has 1 saturated heterocycles. The molecule has 1 aromatic carbocycles. The van der Waals surface area contributed by atoms with Crippen molar-refractivity contribution in [1.29, 1.82) is 0 Å². The fraction of sp³-hybridized carbons (Fsp3) is 0.588. The third-order valence-electron chi connectivity index (χ3n) is 4.34. The summed E-state index contributed by atoms with van der Waals surface area (Å²) in [4.78, 5) is 13.9. The number of amides is 1. The lowest BCUT2D eigenvalue weighted by Gasteiger charge is -2.35. The summed E-state index contributed by atoms with van der Waals surface area (Å²) >= 11 is 0. The number of carbonyl (C=O) groups is 1. The molecule has 1 aromatic rings. The van der Waals surface area contributed by atoms with Gasteiger partial charge in [-0.1, -0.05) is 6.07 Å². The third-order valence-corrected chi connectivity index (χ3v) is 4.34. The molecule has 5 heteroatoms. The number of rotatable bonds is 6. The molecule has 1 heterocycles. The summed E-state index contributed by atoms with van der Waals surface area (Å²) in [6.07, 6.45) is 5.21. The van der Waals surface area contributed by atoms with E-state index in [1.165, 1.54) is 12.0 Å². The molecule has 22 heavy (non-hydrogen) atoms. The second-order valence-corrected chi connectivity index (χ2v) is 5.67. The van der Waals surface area contributed by atoms with E-state index < -0.39 is 0 Å². The topological polar surface area (TPSA) is 64.8 Å². The van der Waals surface area contributed by atoms with Crippen LogP contribution in [0.4, 0.5) is 0 Å². The minimum Gasteiger partial charge on any atom is -0.493 e. The third kappa shape index (κ3) is 3.91. The number of carbonyl (C=O) groups excluding carboxylic acids is 1. The van der Waals surface area contributed by atoms with Crippen LogP contribution < -0.4 is 15.2 Å². The van der Waals surface area contributed by atoms with Crippen molar-refractivity contribution in [1.82, 2.24) is 4.90 Å². The fourth-order valence-corrected chi connectivity index (χ4v) is 3.12. The van der Waals surface area contributed by atoms with Gasteiger partial charge in [0.05, 0.1) is 20.8 Å². The van der Waals surface area contributed by atoms with E-state index in [-0.39, 0.29) is 12.5 Å². The Balaban J connectivity index is 2.00. The Morgan fingerprint density at radius 2 is 2.05 bits per heavy atom. The van der Waals surface area contributed by atoms with Crippen molar-refractivity contribution < 1.29 is 14.3 Å². The Morgan fingerprint density at radius 3 is 2.73 bits per heavy atom. The Kier molecular flexibility index (Phi) is 6.07. The first-order valence-electron chi connectivity index (χ1n) is 7.90. The standard InChI is InChI=1S/C17H26N2O3/c1-21-15-9-7-13(11-16(15)22-2)6-8-14-5-3-4-10-19(14)17(20)12-18/h7,9,11,14H,3-6,8,10,12,18H2,1-2H3/t14-/m1/s1. The van der Waals surface area contributed by atoms with Crippen LogP contribution in [0.5, 0.6) is 11.5 Å². The number of hydrogen-bond donors (Lipinski definition) is 1. The Labute approximate surface area is 132 Å². The van der Waals surface area contributed by atoms with Gasteiger partial charge in [-0.15, -0.1) is 0 Å². The highest BCUT2D eigenvalue weighted by atomic mass is 16.5. The monoisotopic (exact) mass is 306 g/mol. The Bertz CT molecular complexity index is 505. The van der Waals surface area contributed by atoms with Crippen LogP contribution in [0.3, 0.4) is 0 Å². The number of methoxy groups -OCH3 is 2. The van der Waals surface area contributed by atoms with Crippen molar-refractivity contribution in [3.8, 4) is 11.5 Å². The van der Waals surface area contributed by atoms with E-state index in [0.29, 0.717) is 6.04 Å². The van der Waals surface area contributed by atoms with Gasteiger partial charge in [0.1, 0.15) is 0 Å². The van der Waals surface area contributed by atoms with Gasteiger partial charge in [0.2, 0.25) is 5.91 Å². The van der Waals surface area contributed by atoms with Gasteiger partial charge in [-0.3, -0.25) is 4.79 Å². The molecule has 2 rings (SSSR count). The van der Waals surface area contributed by atoms with E-state index in [9.17, 15) is 4.79 Å². The molecule has 1 aliphatic heterocycles. The minimum atomic E-state index is 0.0667. The molecular formula is C17H26N2O3. The number of hydrogen-bond acceptors (Lipinski definition) is 4. The van der Waals surface area contributed by atoms with Crippen molar-refractivity contribution in [3.05, 3.63) is 23.8 Å². The van der Waals surface area contributed by atoms with E-state index in [0.717, 1.165) is 43.7 Å². The number of likely N-dealkylation sites (tertiary alicyclic amines) is 1. The van der Waals surface area contributed by atoms with Crippen molar-refractivity contribution in [3.63, 3.8) is 0 Å². The zero-order chi connectivity index (χ0) is 15.9. The van der Waals surface area contributed by atoms with Crippen molar-refractivity contribution in [2.24, 2.45) is 5.73 Å². The molecule has 0 bridgehead atoms. The predicted molar refractivity (Wildman–Crippen MR) is 86.3 cm³/mol. The molecule has 1 aliphatic rings. The average Bonchev–Trinajstić information content (AvgIpc) is 2.59. The van der Waals surface area contributed by atoms with E-state index in [1.54, 1.807) is 14.2 Å². The normalized spacial score (nSPS) is 18.1. The van der Waals surface area contributed by atoms with Gasteiger partial charge in [-0.25, -0.2) is 0 Å². The molecule has 1 amide bonds. The number of piperidine rings is 1. The van der Waals surface area contributed by atoms with Crippen LogP contribution in [0, 0.1) is 0 Å². The fourth-order valence-electron chi connectivity index (χ4n) is 3.12. The number of aryl methyl sites for hydroxylation is 1. The summed E-state index contributed by atoms with van der Waals surface area (Å²) in [5.41, 5.74) is 6.72. The molecule has 0 spiro atoms. The highest BCUT2D eigenvalue weighted by molar-refractivity contribution is 5.78. The molecule has 122 valence electrons. The smallest absolute Gasteiger partial charge is 0.236 e. The number of nitrogens with zero attached hydrogens (tertiary/aromatic N) is 1. The van der Waals surface area contributed by atoms with Crippen LogP contribution >= 0.6 is 0 Å². The predicted octanol–water partition coefficient (Wildman–Crippen LogP) is 1.98. The van der Waals surface area contributed by atoms with Crippen LogP contribution in [0.15, 0.2) is 18.2 Å². The number of benzene rings is 1. The first-order valence-corrected chi connectivity index (χ1v) is 7.90. The largest absolute Gasteiger partial charge is 0.493 e. The molecule has 2 N–H and O–H groups in total. The summed E-state index contributed by atoms with van der Waals surface area (Å²) in [5, 5.41) is 0. The maximum absolute atomic E-state index is 11.9. The molecule has 0 saturated carbocycles. The second-order valence-electron chi connectivity index (χ2n) is 5.67. The van der Waals surface area contributed by atoms with Gasteiger partial charge in [0.15, 0.2) is 11.5 Å². The summed E-state index contributed by atoms with van der Waals surface area (Å²) in [7, 11) is 3.28. The zero-order valence-electron chi connectivity index (χ0n) is 13.5. The lowest BCUT2D eigenvalue weighted by molar-refractivity contribution is -0.133. The van der Waals surface area contributed by atoms with Crippen LogP contribution in [-0.2, 0) is 11.2 Å². The second kappa shape index (κ2) is 8.03. The molecule has 1 atom stereocenters. The van der Waals surface area contributed by atoms with Crippen molar-refractivity contribution in [2.45, 2.75) is 38.1 Å². The van der Waals surface area contributed by atoms with Crippen LogP contribution in [0.1, 0.15) is 31.2 Å². The van der Waals surface area contributed by atoms with E-state index >= 15 is 0 Å². The summed E-state index contributed by atoms with van der Waals surface area (Å²) in [6.45, 7) is 0.944. The number of nitrogens with two attached hydrogens (primary N) is 1. The van der Waals surface area contributed by atoms with E-state index in [1.807, 2.05) is 17.0 Å². The molecule has 0 unspecified atom stereocenters. The molecule has 5 nitrogen and oxygen atoms in total. The van der Waals surface area contributed by atoms with Gasteiger partial charge in [0, 0.05) is 12.6 Å². The first kappa shape index (κ1) is 16.6. The minimum absolute atomic E-state index is 0.0667. The van der Waals surface area contributed by atoms with Crippen LogP contribution in [0.25, 0.3) is 0 Å². The maximum atomic E-state index is 11.9. The summed E-state index contributed by atoms with van der Waals surface area (Å²) in [6, 6.07) is 6.30. The molecule has 0 aliphatic carbocycles. The van der Waals surface area contributed by atoms with E-state index in [2.05, 4.69) is 6.07 Å². The highest BCUT2D eigenvalue weighted by Gasteiger charge is 2.25. The summed E-state index contributed by atoms with van der Waals surface area (Å²) < 4.78 is 10.6. The molecule has 0 radical (unpaired) electrons. The molecule has 1 fully saturated rings. The summed E-state index contributed by atoms with van der Waals surface area (Å²) in [5.74, 6) is 1.55. The molecule has 0 aromatic heterocycles. The number of ether oxygens (including phenoxy) is 2. The SMILES string of the molecule is COc1ccc(CC[C@H]2CCCCN2C(=O)CN)cc1OC. The van der Waals surface area contributed by atoms with Crippen LogP contribution in [-0.4, -0.2) is 44.2 Å². The van der Waals surface area contributed by atoms with Gasteiger partial charge >= 0.3 is 0 Å². The highest BCUT2D eigenvalue weighted by Crippen LogP contribution is 2.29. The zero-order valence-corrected chi connectivity index (χ0v) is 13.5. The lowest BCUT2D eigenvalue weighted by atomic mass is 9.95. The Morgan fingerprint density at radius 1 is 1.27 bits per heavy atom. The van der Waals surface area contributed by atoms with Crippen molar-refractivity contribution in [2.75, 3.05) is 27.3 Å². The van der Waals surface area contributed by atoms with Crippen molar-refractivity contribution >= 4 is 5.91 Å². The molecular weight excluding hydrogens is 280 g/mol. The van der Waals surface area contributed by atoms with Gasteiger partial charge in [-0.05, 0) is 49.8 Å². The van der Waals surface area contributed by atoms with E-state index in [4.69, 9.17) is 15.2 Å². The van der Waals surface area contributed by atoms with Gasteiger partial charge in [-0.2, -0.15) is 0 Å². The lowest BCUT2D eigenvalue weighted by Crippen LogP contribution is -2.46. The first-order chi connectivity index (χ1) is 10.7. The van der Waals surface area contributed by atoms with Gasteiger partial charge in [0.25, 0.3) is 0 Å².